The SMILES string of the molecule is N#Cc1ccc(-n2c3ccccc3c3ccccc32)c(-c2nc(-c3ccccc3)nc(C34CC5CC(CC(C5)C3)C4)n2)c1. The van der Waals surface area contributed by atoms with Gasteiger partial charge in [-0.05, 0) is 86.6 Å². The second-order valence-electron chi connectivity index (χ2n) is 13.1. The van der Waals surface area contributed by atoms with Crippen LogP contribution in [-0.2, 0) is 5.41 Å². The molecule has 4 aromatic carbocycles. The number of para-hydroxylation sites is 2. The molecule has 5 nitrogen and oxygen atoms in total. The van der Waals surface area contributed by atoms with Crippen molar-refractivity contribution in [2.75, 3.05) is 0 Å². The molecule has 0 spiro atoms. The van der Waals surface area contributed by atoms with E-state index in [1.54, 1.807) is 0 Å². The normalized spacial score (nSPS) is 24.0. The van der Waals surface area contributed by atoms with Crippen LogP contribution < -0.4 is 0 Å². The van der Waals surface area contributed by atoms with E-state index in [-0.39, 0.29) is 5.41 Å². The van der Waals surface area contributed by atoms with Crippen molar-refractivity contribution in [3.05, 3.63) is 108 Å². The largest absolute Gasteiger partial charge is 0.309 e. The summed E-state index contributed by atoms with van der Waals surface area (Å²) >= 11 is 0. The molecule has 0 N–H and O–H groups in total. The number of nitrogens with zero attached hydrogens (tertiary/aromatic N) is 5. The van der Waals surface area contributed by atoms with E-state index in [4.69, 9.17) is 15.0 Å². The van der Waals surface area contributed by atoms with Gasteiger partial charge in [0.2, 0.25) is 0 Å². The van der Waals surface area contributed by atoms with Crippen LogP contribution in [0.5, 0.6) is 0 Å². The predicted molar refractivity (Wildman–Crippen MR) is 170 cm³/mol. The fraction of sp³-hybridized carbons (Fsp3) is 0.263. The van der Waals surface area contributed by atoms with E-state index in [9.17, 15) is 5.26 Å². The highest BCUT2D eigenvalue weighted by Gasteiger charge is 2.53. The number of hydrogen-bond donors (Lipinski definition) is 0. The van der Waals surface area contributed by atoms with Gasteiger partial charge in [0.15, 0.2) is 11.6 Å². The summed E-state index contributed by atoms with van der Waals surface area (Å²) in [4.78, 5) is 15.8. The first-order chi connectivity index (χ1) is 21.2. The van der Waals surface area contributed by atoms with Gasteiger partial charge in [-0.15, -0.1) is 0 Å². The van der Waals surface area contributed by atoms with Gasteiger partial charge in [-0.3, -0.25) is 0 Å². The second-order valence-corrected chi connectivity index (χ2v) is 13.1. The topological polar surface area (TPSA) is 67.4 Å². The summed E-state index contributed by atoms with van der Waals surface area (Å²) in [6, 6.07) is 35.6. The number of hydrogen-bond acceptors (Lipinski definition) is 4. The maximum absolute atomic E-state index is 10.0. The molecule has 4 saturated carbocycles. The third-order valence-corrected chi connectivity index (χ3v) is 10.4. The molecule has 6 aromatic rings. The summed E-state index contributed by atoms with van der Waals surface area (Å²) in [6.07, 6.45) is 7.62. The van der Waals surface area contributed by atoms with Crippen LogP contribution in [0.25, 0.3) is 50.3 Å². The van der Waals surface area contributed by atoms with E-state index < -0.39 is 0 Å². The number of benzene rings is 4. The molecular weight excluding hydrogens is 526 g/mol. The molecule has 4 aliphatic rings. The Morgan fingerprint density at radius 2 is 1.23 bits per heavy atom. The predicted octanol–water partition coefficient (Wildman–Crippen LogP) is 8.64. The molecule has 43 heavy (non-hydrogen) atoms. The highest BCUT2D eigenvalue weighted by atomic mass is 15.1. The van der Waals surface area contributed by atoms with Crippen molar-refractivity contribution in [3.8, 4) is 34.5 Å². The Morgan fingerprint density at radius 1 is 0.651 bits per heavy atom. The fourth-order valence-corrected chi connectivity index (χ4v) is 9.00. The molecule has 5 heteroatoms. The number of fused-ring (bicyclic) bond motifs is 3. The molecule has 0 unspecified atom stereocenters. The Balaban J connectivity index is 1.32. The van der Waals surface area contributed by atoms with Crippen LogP contribution in [0.2, 0.25) is 0 Å². The maximum Gasteiger partial charge on any atom is 0.165 e. The molecule has 4 bridgehead atoms. The third-order valence-electron chi connectivity index (χ3n) is 10.4. The zero-order valence-corrected chi connectivity index (χ0v) is 23.9. The minimum absolute atomic E-state index is 0.00974. The quantitative estimate of drug-likeness (QED) is 0.218. The molecular formula is C38H31N5. The van der Waals surface area contributed by atoms with Crippen LogP contribution in [0.15, 0.2) is 97.1 Å². The van der Waals surface area contributed by atoms with Crippen molar-refractivity contribution in [1.82, 2.24) is 19.5 Å². The number of nitriles is 1. The van der Waals surface area contributed by atoms with Crippen molar-refractivity contribution in [2.45, 2.75) is 43.9 Å². The standard InChI is InChI=1S/C38H31N5/c39-23-24-14-15-34(43-32-12-6-4-10-29(32)30-11-5-7-13-33(30)43)31(19-24)36-40-35(28-8-2-1-3-9-28)41-37(42-36)38-20-25-16-26(21-38)18-27(17-25)22-38/h1-15,19,25-27H,16-18,20-22H2. The van der Waals surface area contributed by atoms with Crippen LogP contribution in [0, 0.1) is 29.1 Å². The first-order valence-electron chi connectivity index (χ1n) is 15.5. The highest BCUT2D eigenvalue weighted by molar-refractivity contribution is 6.09. The molecule has 0 amide bonds. The third kappa shape index (κ3) is 3.86. The minimum Gasteiger partial charge on any atom is -0.309 e. The molecule has 10 rings (SSSR count). The maximum atomic E-state index is 10.0. The molecule has 0 atom stereocenters. The van der Waals surface area contributed by atoms with Crippen LogP contribution in [0.3, 0.4) is 0 Å². The van der Waals surface area contributed by atoms with Gasteiger partial charge in [0.1, 0.15) is 5.82 Å². The zero-order chi connectivity index (χ0) is 28.5. The van der Waals surface area contributed by atoms with Gasteiger partial charge in [-0.25, -0.2) is 15.0 Å². The van der Waals surface area contributed by atoms with Crippen LogP contribution in [-0.4, -0.2) is 19.5 Å². The first kappa shape index (κ1) is 24.7. The number of aromatic nitrogens is 4. The minimum atomic E-state index is 0.00974. The van der Waals surface area contributed by atoms with E-state index >= 15 is 0 Å². The fourth-order valence-electron chi connectivity index (χ4n) is 9.00. The van der Waals surface area contributed by atoms with Gasteiger partial charge < -0.3 is 4.57 Å². The van der Waals surface area contributed by atoms with Crippen molar-refractivity contribution in [1.29, 1.82) is 5.26 Å². The van der Waals surface area contributed by atoms with E-state index in [0.29, 0.717) is 17.2 Å². The zero-order valence-electron chi connectivity index (χ0n) is 23.9. The average molecular weight is 558 g/mol. The van der Waals surface area contributed by atoms with Crippen molar-refractivity contribution in [2.24, 2.45) is 17.8 Å². The Kier molecular flexibility index (Phi) is 5.38. The smallest absolute Gasteiger partial charge is 0.165 e. The average Bonchev–Trinajstić information content (AvgIpc) is 3.38. The summed E-state index contributed by atoms with van der Waals surface area (Å²) < 4.78 is 2.30. The number of rotatable bonds is 4. The summed E-state index contributed by atoms with van der Waals surface area (Å²) in [5, 5.41) is 12.4. The van der Waals surface area contributed by atoms with Gasteiger partial charge in [-0.1, -0.05) is 66.7 Å². The van der Waals surface area contributed by atoms with Gasteiger partial charge in [-0.2, -0.15) is 5.26 Å². The van der Waals surface area contributed by atoms with E-state index in [1.807, 2.05) is 30.3 Å². The van der Waals surface area contributed by atoms with Gasteiger partial charge in [0.05, 0.1) is 28.4 Å². The Labute approximate surface area is 250 Å². The monoisotopic (exact) mass is 557 g/mol. The van der Waals surface area contributed by atoms with Crippen molar-refractivity contribution >= 4 is 21.8 Å². The Morgan fingerprint density at radius 3 is 1.86 bits per heavy atom. The Hall–Kier alpha value is -4.82. The van der Waals surface area contributed by atoms with E-state index in [0.717, 1.165) is 51.4 Å². The molecule has 208 valence electrons. The Bertz CT molecular complexity index is 1990. The van der Waals surface area contributed by atoms with Crippen LogP contribution in [0.4, 0.5) is 0 Å². The summed E-state index contributed by atoms with van der Waals surface area (Å²) in [5.74, 6) is 4.65. The molecule has 4 aliphatic carbocycles. The first-order valence-corrected chi connectivity index (χ1v) is 15.5. The van der Waals surface area contributed by atoms with Crippen LogP contribution in [0.1, 0.15) is 49.9 Å². The summed E-state index contributed by atoms with van der Waals surface area (Å²) in [5.41, 5.74) is 5.66. The van der Waals surface area contributed by atoms with Crippen LogP contribution >= 0.6 is 0 Å². The van der Waals surface area contributed by atoms with E-state index in [2.05, 4.69) is 77.4 Å². The van der Waals surface area contributed by atoms with Crippen molar-refractivity contribution in [3.63, 3.8) is 0 Å². The second kappa shape index (κ2) is 9.34. The lowest BCUT2D eigenvalue weighted by Gasteiger charge is -2.56. The molecule has 2 heterocycles. The van der Waals surface area contributed by atoms with E-state index in [1.165, 1.54) is 49.3 Å². The molecule has 0 aliphatic heterocycles. The lowest BCUT2D eigenvalue weighted by atomic mass is 9.49. The lowest BCUT2D eigenvalue weighted by molar-refractivity contribution is -0.00938. The van der Waals surface area contributed by atoms with Gasteiger partial charge in [0, 0.05) is 27.3 Å². The van der Waals surface area contributed by atoms with Crippen molar-refractivity contribution < 1.29 is 0 Å². The molecule has 4 fully saturated rings. The van der Waals surface area contributed by atoms with Gasteiger partial charge in [0.25, 0.3) is 0 Å². The highest BCUT2D eigenvalue weighted by Crippen LogP contribution is 2.60. The lowest BCUT2D eigenvalue weighted by Crippen LogP contribution is -2.49. The molecule has 0 radical (unpaired) electrons. The van der Waals surface area contributed by atoms with Gasteiger partial charge >= 0.3 is 0 Å². The summed E-state index contributed by atoms with van der Waals surface area (Å²) in [7, 11) is 0. The summed E-state index contributed by atoms with van der Waals surface area (Å²) in [6.45, 7) is 0. The molecule has 0 saturated heterocycles. The molecule has 2 aromatic heterocycles.